The maximum Gasteiger partial charge on any atom is 0.107 e. The fourth-order valence-corrected chi connectivity index (χ4v) is 0.611. The van der Waals surface area contributed by atoms with Crippen molar-refractivity contribution in [1.82, 2.24) is 0 Å². The fourth-order valence-electron chi connectivity index (χ4n) is 0.611. The lowest BCUT2D eigenvalue weighted by Gasteiger charge is -1.94. The summed E-state index contributed by atoms with van der Waals surface area (Å²) < 4.78 is 10.2. The standard InChI is InChI=1S/C10H15NO2/c1-2-7-12-8-3-4-9-13-10-5-6-11/h2,5,7-10H2,1H3. The van der Waals surface area contributed by atoms with Crippen molar-refractivity contribution in [3.05, 3.63) is 0 Å². The van der Waals surface area contributed by atoms with Crippen LogP contribution in [0.25, 0.3) is 0 Å². The molecular formula is C10H15NO2. The fraction of sp³-hybridized carbons (Fsp3) is 0.700. The van der Waals surface area contributed by atoms with Crippen LogP contribution in [0.3, 0.4) is 0 Å². The van der Waals surface area contributed by atoms with Gasteiger partial charge in [0, 0.05) is 6.61 Å². The summed E-state index contributed by atoms with van der Waals surface area (Å²) in [5.41, 5.74) is 0. The summed E-state index contributed by atoms with van der Waals surface area (Å²) in [7, 11) is 0. The number of hydrogen-bond acceptors (Lipinski definition) is 3. The predicted molar refractivity (Wildman–Crippen MR) is 49.9 cm³/mol. The maximum atomic E-state index is 8.18. The molecule has 0 aliphatic carbocycles. The van der Waals surface area contributed by atoms with Gasteiger partial charge in [0.25, 0.3) is 0 Å². The van der Waals surface area contributed by atoms with Gasteiger partial charge in [0.1, 0.15) is 13.2 Å². The summed E-state index contributed by atoms with van der Waals surface area (Å²) in [6, 6.07) is 1.99. The van der Waals surface area contributed by atoms with E-state index < -0.39 is 0 Å². The Morgan fingerprint density at radius 3 is 2.23 bits per heavy atom. The van der Waals surface area contributed by atoms with Crippen LogP contribution in [0.5, 0.6) is 0 Å². The van der Waals surface area contributed by atoms with E-state index in [0.29, 0.717) is 26.2 Å². The summed E-state index contributed by atoms with van der Waals surface area (Å²) in [4.78, 5) is 0. The lowest BCUT2D eigenvalue weighted by atomic mass is 10.5. The van der Waals surface area contributed by atoms with Crippen LogP contribution in [0.15, 0.2) is 0 Å². The predicted octanol–water partition coefficient (Wildman–Crippen LogP) is 1.35. The SMILES string of the molecule is CCCOCC#CCOCCC#N. The molecule has 0 saturated carbocycles. The highest BCUT2D eigenvalue weighted by Gasteiger charge is 1.82. The van der Waals surface area contributed by atoms with Crippen molar-refractivity contribution in [2.45, 2.75) is 19.8 Å². The van der Waals surface area contributed by atoms with Crippen molar-refractivity contribution in [2.24, 2.45) is 0 Å². The van der Waals surface area contributed by atoms with Crippen molar-refractivity contribution in [1.29, 1.82) is 5.26 Å². The van der Waals surface area contributed by atoms with E-state index >= 15 is 0 Å². The van der Waals surface area contributed by atoms with E-state index in [0.717, 1.165) is 13.0 Å². The van der Waals surface area contributed by atoms with Gasteiger partial charge in [0.15, 0.2) is 0 Å². The lowest BCUT2D eigenvalue weighted by Crippen LogP contribution is -1.95. The van der Waals surface area contributed by atoms with Crippen LogP contribution in [-0.4, -0.2) is 26.4 Å². The third-order valence-corrected chi connectivity index (χ3v) is 1.18. The normalized spacial score (nSPS) is 8.62. The van der Waals surface area contributed by atoms with Crippen molar-refractivity contribution in [2.75, 3.05) is 26.4 Å². The van der Waals surface area contributed by atoms with Crippen LogP contribution in [0.4, 0.5) is 0 Å². The third kappa shape index (κ3) is 11.0. The molecule has 0 bridgehead atoms. The molecule has 0 aromatic rings. The van der Waals surface area contributed by atoms with Gasteiger partial charge in [0.05, 0.1) is 19.1 Å². The molecule has 13 heavy (non-hydrogen) atoms. The molecule has 0 saturated heterocycles. The Bertz CT molecular complexity index is 197. The average Bonchev–Trinajstić information content (AvgIpc) is 2.16. The van der Waals surface area contributed by atoms with Crippen molar-refractivity contribution in [3.8, 4) is 17.9 Å². The molecule has 0 rings (SSSR count). The molecule has 0 amide bonds. The van der Waals surface area contributed by atoms with Gasteiger partial charge in [-0.25, -0.2) is 0 Å². The number of ether oxygens (including phenoxy) is 2. The first-order valence-electron chi connectivity index (χ1n) is 4.40. The average molecular weight is 181 g/mol. The van der Waals surface area contributed by atoms with Crippen LogP contribution in [0.2, 0.25) is 0 Å². The van der Waals surface area contributed by atoms with E-state index in [1.54, 1.807) is 0 Å². The van der Waals surface area contributed by atoms with Crippen molar-refractivity contribution < 1.29 is 9.47 Å². The zero-order valence-electron chi connectivity index (χ0n) is 8.01. The Labute approximate surface area is 79.6 Å². The van der Waals surface area contributed by atoms with Crippen LogP contribution in [0, 0.1) is 23.2 Å². The second-order valence-electron chi connectivity index (χ2n) is 2.37. The van der Waals surface area contributed by atoms with Gasteiger partial charge in [-0.05, 0) is 6.42 Å². The lowest BCUT2D eigenvalue weighted by molar-refractivity contribution is 0.164. The second kappa shape index (κ2) is 11.0. The minimum absolute atomic E-state index is 0.386. The topological polar surface area (TPSA) is 42.2 Å². The monoisotopic (exact) mass is 181 g/mol. The molecule has 0 atom stereocenters. The highest BCUT2D eigenvalue weighted by atomic mass is 16.5. The van der Waals surface area contributed by atoms with Gasteiger partial charge in [-0.15, -0.1) is 0 Å². The first kappa shape index (κ1) is 12.0. The van der Waals surface area contributed by atoms with E-state index in [2.05, 4.69) is 18.8 Å². The Kier molecular flexibility index (Phi) is 10.1. The van der Waals surface area contributed by atoms with Gasteiger partial charge < -0.3 is 9.47 Å². The highest BCUT2D eigenvalue weighted by molar-refractivity contribution is 4.99. The van der Waals surface area contributed by atoms with E-state index in [9.17, 15) is 0 Å². The zero-order valence-corrected chi connectivity index (χ0v) is 8.01. The van der Waals surface area contributed by atoms with Crippen LogP contribution in [-0.2, 0) is 9.47 Å². The molecule has 0 radical (unpaired) electrons. The zero-order chi connectivity index (χ0) is 9.78. The van der Waals surface area contributed by atoms with Gasteiger partial charge >= 0.3 is 0 Å². The van der Waals surface area contributed by atoms with Crippen LogP contribution >= 0.6 is 0 Å². The van der Waals surface area contributed by atoms with Gasteiger partial charge in [-0.2, -0.15) is 5.26 Å². The summed E-state index contributed by atoms with van der Waals surface area (Å²) >= 11 is 0. The largest absolute Gasteiger partial charge is 0.369 e. The highest BCUT2D eigenvalue weighted by Crippen LogP contribution is 1.79. The molecule has 0 heterocycles. The molecule has 0 aliphatic heterocycles. The molecular weight excluding hydrogens is 166 g/mol. The van der Waals surface area contributed by atoms with Crippen LogP contribution < -0.4 is 0 Å². The molecule has 0 aliphatic rings. The minimum atomic E-state index is 0.386. The quantitative estimate of drug-likeness (QED) is 0.459. The second-order valence-corrected chi connectivity index (χ2v) is 2.37. The number of rotatable bonds is 6. The Morgan fingerprint density at radius 1 is 1.08 bits per heavy atom. The molecule has 0 N–H and O–H groups in total. The molecule has 3 heteroatoms. The summed E-state index contributed by atoms with van der Waals surface area (Å²) in [5, 5.41) is 8.18. The van der Waals surface area contributed by atoms with Gasteiger partial charge in [-0.3, -0.25) is 0 Å². The number of nitriles is 1. The molecule has 0 aromatic heterocycles. The van der Waals surface area contributed by atoms with E-state index in [4.69, 9.17) is 14.7 Å². The molecule has 3 nitrogen and oxygen atoms in total. The van der Waals surface area contributed by atoms with E-state index in [-0.39, 0.29) is 0 Å². The van der Waals surface area contributed by atoms with E-state index in [1.807, 2.05) is 6.07 Å². The molecule has 0 unspecified atom stereocenters. The van der Waals surface area contributed by atoms with E-state index in [1.165, 1.54) is 0 Å². The minimum Gasteiger partial charge on any atom is -0.369 e. The number of hydrogen-bond donors (Lipinski definition) is 0. The first-order valence-corrected chi connectivity index (χ1v) is 4.40. The van der Waals surface area contributed by atoms with Gasteiger partial charge in [0.2, 0.25) is 0 Å². The van der Waals surface area contributed by atoms with Crippen molar-refractivity contribution >= 4 is 0 Å². The van der Waals surface area contributed by atoms with Crippen molar-refractivity contribution in [3.63, 3.8) is 0 Å². The molecule has 72 valence electrons. The third-order valence-electron chi connectivity index (χ3n) is 1.18. The summed E-state index contributed by atoms with van der Waals surface area (Å²) in [6.07, 6.45) is 1.44. The Hall–Kier alpha value is -1.03. The number of nitrogens with zero attached hydrogens (tertiary/aromatic N) is 1. The Morgan fingerprint density at radius 2 is 1.69 bits per heavy atom. The van der Waals surface area contributed by atoms with Gasteiger partial charge in [-0.1, -0.05) is 18.8 Å². The molecule has 0 aromatic carbocycles. The molecule has 0 fully saturated rings. The summed E-state index contributed by atoms with van der Waals surface area (Å²) in [5.74, 6) is 5.61. The van der Waals surface area contributed by atoms with Crippen LogP contribution in [0.1, 0.15) is 19.8 Å². The first-order chi connectivity index (χ1) is 6.41. The maximum absolute atomic E-state index is 8.18. The smallest absolute Gasteiger partial charge is 0.107 e. The molecule has 0 spiro atoms. The Balaban J connectivity index is 3.07. The summed E-state index contributed by atoms with van der Waals surface area (Å²) in [6.45, 7) is 4.12.